The molecule has 182 valence electrons. The molecule has 0 bridgehead atoms. The van der Waals surface area contributed by atoms with Gasteiger partial charge in [-0.15, -0.1) is 0 Å². The second-order valence-electron chi connectivity index (χ2n) is 9.40. The maximum absolute atomic E-state index is 12.9. The molecule has 3 N–H and O–H groups in total. The summed E-state index contributed by atoms with van der Waals surface area (Å²) >= 11 is 0. The van der Waals surface area contributed by atoms with Crippen molar-refractivity contribution < 1.29 is 9.59 Å². The maximum atomic E-state index is 12.9. The van der Waals surface area contributed by atoms with E-state index in [0.717, 1.165) is 68.1 Å². The molecule has 4 rings (SSSR count). The Balaban J connectivity index is 1.25. The molecule has 34 heavy (non-hydrogen) atoms. The van der Waals surface area contributed by atoms with Crippen LogP contribution in [0.15, 0.2) is 48.5 Å². The standard InChI is InChI=1S/C27H37N5O2/c1-21-9-11-22(12-10-21)29-27(34)30-23-13-18-32(19-14-23)25-8-4-3-7-24(25)26(33)28-15-20-31-16-5-2-6-17-31/h3-4,7-12,23H,2,5-6,13-20H2,1H3,(H,28,33)(H2,29,30,34). The van der Waals surface area contributed by atoms with E-state index in [1.54, 1.807) is 0 Å². The number of likely N-dealkylation sites (tertiary alicyclic amines) is 1. The lowest BCUT2D eigenvalue weighted by Gasteiger charge is -2.35. The summed E-state index contributed by atoms with van der Waals surface area (Å²) in [7, 11) is 0. The normalized spacial score (nSPS) is 17.3. The van der Waals surface area contributed by atoms with Crippen molar-refractivity contribution in [3.8, 4) is 0 Å². The molecule has 2 aliphatic heterocycles. The Labute approximate surface area is 202 Å². The average molecular weight is 464 g/mol. The van der Waals surface area contributed by atoms with Crippen molar-refractivity contribution in [1.29, 1.82) is 0 Å². The summed E-state index contributed by atoms with van der Waals surface area (Å²) in [4.78, 5) is 30.0. The van der Waals surface area contributed by atoms with Crippen LogP contribution in [0.2, 0.25) is 0 Å². The number of hydrogen-bond acceptors (Lipinski definition) is 4. The van der Waals surface area contributed by atoms with Crippen molar-refractivity contribution in [1.82, 2.24) is 15.5 Å². The van der Waals surface area contributed by atoms with E-state index in [1.165, 1.54) is 19.3 Å². The van der Waals surface area contributed by atoms with E-state index in [1.807, 2.05) is 55.5 Å². The third-order valence-electron chi connectivity index (χ3n) is 6.79. The Hall–Kier alpha value is -3.06. The molecule has 0 atom stereocenters. The molecule has 0 aliphatic carbocycles. The number of carbonyl (C=O) groups excluding carboxylic acids is 2. The summed E-state index contributed by atoms with van der Waals surface area (Å²) in [6, 6.07) is 15.6. The summed E-state index contributed by atoms with van der Waals surface area (Å²) in [6.45, 7) is 7.48. The van der Waals surface area contributed by atoms with Gasteiger partial charge in [-0.1, -0.05) is 36.2 Å². The fourth-order valence-corrected chi connectivity index (χ4v) is 4.80. The maximum Gasteiger partial charge on any atom is 0.319 e. The van der Waals surface area contributed by atoms with Gasteiger partial charge < -0.3 is 25.8 Å². The molecule has 2 aromatic rings. The first-order valence-corrected chi connectivity index (χ1v) is 12.6. The summed E-state index contributed by atoms with van der Waals surface area (Å²) in [5.74, 6) is -0.00895. The predicted octanol–water partition coefficient (Wildman–Crippen LogP) is 4.00. The monoisotopic (exact) mass is 463 g/mol. The van der Waals surface area contributed by atoms with Gasteiger partial charge >= 0.3 is 6.03 Å². The number of aryl methyl sites for hydroxylation is 1. The van der Waals surface area contributed by atoms with E-state index in [0.29, 0.717) is 6.54 Å². The number of carbonyl (C=O) groups is 2. The fourth-order valence-electron chi connectivity index (χ4n) is 4.80. The topological polar surface area (TPSA) is 76.7 Å². The first kappa shape index (κ1) is 24.1. The number of nitrogens with one attached hydrogen (secondary N) is 3. The van der Waals surface area contributed by atoms with Crippen LogP contribution in [0.4, 0.5) is 16.2 Å². The lowest BCUT2D eigenvalue weighted by atomic mass is 10.0. The van der Waals surface area contributed by atoms with E-state index in [2.05, 4.69) is 25.8 Å². The first-order chi connectivity index (χ1) is 16.6. The minimum atomic E-state index is -0.171. The van der Waals surface area contributed by atoms with Crippen LogP contribution in [0.5, 0.6) is 0 Å². The quantitative estimate of drug-likeness (QED) is 0.580. The third kappa shape index (κ3) is 6.73. The molecule has 0 spiro atoms. The van der Waals surface area contributed by atoms with Gasteiger partial charge in [-0.25, -0.2) is 4.79 Å². The third-order valence-corrected chi connectivity index (χ3v) is 6.79. The van der Waals surface area contributed by atoms with Gasteiger partial charge in [0.15, 0.2) is 0 Å². The van der Waals surface area contributed by atoms with Gasteiger partial charge in [0.1, 0.15) is 0 Å². The molecule has 3 amide bonds. The number of anilines is 2. The molecule has 0 radical (unpaired) electrons. The number of para-hydroxylation sites is 1. The Kier molecular flexibility index (Phi) is 8.41. The van der Waals surface area contributed by atoms with Crippen LogP contribution in [0.1, 0.15) is 48.0 Å². The molecule has 7 nitrogen and oxygen atoms in total. The highest BCUT2D eigenvalue weighted by atomic mass is 16.2. The highest BCUT2D eigenvalue weighted by Crippen LogP contribution is 2.24. The summed E-state index contributed by atoms with van der Waals surface area (Å²) in [5, 5.41) is 9.11. The van der Waals surface area contributed by atoms with Gasteiger partial charge in [-0.05, 0) is 70.0 Å². The number of benzene rings is 2. The highest BCUT2D eigenvalue weighted by Gasteiger charge is 2.24. The van der Waals surface area contributed by atoms with Gasteiger partial charge in [0.25, 0.3) is 5.91 Å². The average Bonchev–Trinajstić information content (AvgIpc) is 2.86. The van der Waals surface area contributed by atoms with E-state index in [-0.39, 0.29) is 18.0 Å². The van der Waals surface area contributed by atoms with Crippen LogP contribution in [0.25, 0.3) is 0 Å². The van der Waals surface area contributed by atoms with Gasteiger partial charge in [-0.3, -0.25) is 4.79 Å². The summed E-state index contributed by atoms with van der Waals surface area (Å²) in [6.07, 6.45) is 5.52. The highest BCUT2D eigenvalue weighted by molar-refractivity contribution is 5.99. The molecular formula is C27H37N5O2. The largest absolute Gasteiger partial charge is 0.371 e. The molecular weight excluding hydrogens is 426 g/mol. The molecule has 0 aromatic heterocycles. The predicted molar refractivity (Wildman–Crippen MR) is 138 cm³/mol. The van der Waals surface area contributed by atoms with Gasteiger partial charge in [0.2, 0.25) is 0 Å². The summed E-state index contributed by atoms with van der Waals surface area (Å²) < 4.78 is 0. The van der Waals surface area contributed by atoms with Crippen molar-refractivity contribution in [3.63, 3.8) is 0 Å². The smallest absolute Gasteiger partial charge is 0.319 e. The minimum absolute atomic E-state index is 0.00895. The van der Waals surface area contributed by atoms with Gasteiger partial charge in [-0.2, -0.15) is 0 Å². The first-order valence-electron chi connectivity index (χ1n) is 12.6. The van der Waals surface area contributed by atoms with Crippen LogP contribution in [0.3, 0.4) is 0 Å². The van der Waals surface area contributed by atoms with Crippen molar-refractivity contribution in [2.24, 2.45) is 0 Å². The Morgan fingerprint density at radius 2 is 1.62 bits per heavy atom. The van der Waals surface area contributed by atoms with E-state index in [4.69, 9.17) is 0 Å². The number of urea groups is 1. The second-order valence-corrected chi connectivity index (χ2v) is 9.40. The van der Waals surface area contributed by atoms with Crippen molar-refractivity contribution in [3.05, 3.63) is 59.7 Å². The zero-order chi connectivity index (χ0) is 23.8. The van der Waals surface area contributed by atoms with Crippen molar-refractivity contribution >= 4 is 23.3 Å². The van der Waals surface area contributed by atoms with E-state index in [9.17, 15) is 9.59 Å². The van der Waals surface area contributed by atoms with Crippen LogP contribution in [-0.4, -0.2) is 62.1 Å². The number of amides is 3. The number of rotatable bonds is 7. The van der Waals surface area contributed by atoms with E-state index >= 15 is 0 Å². The molecule has 0 saturated carbocycles. The van der Waals surface area contributed by atoms with Crippen molar-refractivity contribution in [2.45, 2.75) is 45.1 Å². The molecule has 2 aliphatic rings. The Morgan fingerprint density at radius 1 is 0.912 bits per heavy atom. The van der Waals surface area contributed by atoms with E-state index < -0.39 is 0 Å². The Bertz CT molecular complexity index is 948. The molecule has 2 aromatic carbocycles. The van der Waals surface area contributed by atoms with Gasteiger partial charge in [0, 0.05) is 43.6 Å². The lowest BCUT2D eigenvalue weighted by Crippen LogP contribution is -2.46. The summed E-state index contributed by atoms with van der Waals surface area (Å²) in [5.41, 5.74) is 3.65. The molecule has 0 unspecified atom stereocenters. The molecule has 2 saturated heterocycles. The molecule has 7 heteroatoms. The zero-order valence-corrected chi connectivity index (χ0v) is 20.2. The number of piperidine rings is 2. The fraction of sp³-hybridized carbons (Fsp3) is 0.481. The zero-order valence-electron chi connectivity index (χ0n) is 20.2. The lowest BCUT2D eigenvalue weighted by molar-refractivity contribution is 0.0947. The van der Waals surface area contributed by atoms with Crippen molar-refractivity contribution in [2.75, 3.05) is 49.5 Å². The SMILES string of the molecule is Cc1ccc(NC(=O)NC2CCN(c3ccccc3C(=O)NCCN3CCCCC3)CC2)cc1. The van der Waals surface area contributed by atoms with Crippen LogP contribution >= 0.6 is 0 Å². The Morgan fingerprint density at radius 3 is 2.35 bits per heavy atom. The second kappa shape index (κ2) is 11.9. The van der Waals surface area contributed by atoms with Crippen LogP contribution < -0.4 is 20.9 Å². The van der Waals surface area contributed by atoms with Crippen LogP contribution in [0, 0.1) is 6.92 Å². The van der Waals surface area contributed by atoms with Crippen LogP contribution in [-0.2, 0) is 0 Å². The number of hydrogen-bond donors (Lipinski definition) is 3. The minimum Gasteiger partial charge on any atom is -0.371 e. The van der Waals surface area contributed by atoms with Gasteiger partial charge in [0.05, 0.1) is 5.56 Å². The number of nitrogens with zero attached hydrogens (tertiary/aromatic N) is 2. The molecule has 2 heterocycles. The molecule has 2 fully saturated rings.